The van der Waals surface area contributed by atoms with Crippen molar-refractivity contribution >= 4 is 21.8 Å². The SMILES string of the molecule is O=C(NCc1ccncc1)c1ncccc1Br. The minimum absolute atomic E-state index is 0.200. The molecule has 5 heteroatoms. The fraction of sp³-hybridized carbons (Fsp3) is 0.0833. The number of pyridine rings is 2. The normalized spacial score (nSPS) is 9.94. The predicted molar refractivity (Wildman–Crippen MR) is 67.3 cm³/mol. The number of hydrogen-bond donors (Lipinski definition) is 1. The first-order chi connectivity index (χ1) is 8.27. The molecule has 0 aromatic carbocycles. The monoisotopic (exact) mass is 291 g/mol. The molecule has 17 heavy (non-hydrogen) atoms. The lowest BCUT2D eigenvalue weighted by molar-refractivity contribution is 0.0945. The van der Waals surface area contributed by atoms with Crippen molar-refractivity contribution in [1.29, 1.82) is 0 Å². The van der Waals surface area contributed by atoms with Gasteiger partial charge in [0.05, 0.1) is 0 Å². The van der Waals surface area contributed by atoms with E-state index in [1.807, 2.05) is 12.1 Å². The zero-order chi connectivity index (χ0) is 12.1. The lowest BCUT2D eigenvalue weighted by atomic mass is 10.2. The molecule has 1 N–H and O–H groups in total. The van der Waals surface area contributed by atoms with E-state index >= 15 is 0 Å². The predicted octanol–water partition coefficient (Wildman–Crippen LogP) is 2.17. The van der Waals surface area contributed by atoms with Gasteiger partial charge in [-0.05, 0) is 45.8 Å². The summed E-state index contributed by atoms with van der Waals surface area (Å²) in [5, 5.41) is 2.80. The van der Waals surface area contributed by atoms with E-state index in [0.29, 0.717) is 16.7 Å². The summed E-state index contributed by atoms with van der Waals surface area (Å²) in [6.07, 6.45) is 4.97. The summed E-state index contributed by atoms with van der Waals surface area (Å²) in [4.78, 5) is 19.8. The molecule has 0 aliphatic heterocycles. The van der Waals surface area contributed by atoms with Crippen molar-refractivity contribution in [1.82, 2.24) is 15.3 Å². The minimum Gasteiger partial charge on any atom is -0.347 e. The maximum absolute atomic E-state index is 11.8. The Bertz CT molecular complexity index is 516. The molecule has 0 saturated heterocycles. The maximum atomic E-state index is 11.8. The van der Waals surface area contributed by atoms with Crippen LogP contribution in [-0.4, -0.2) is 15.9 Å². The molecule has 0 unspecified atom stereocenters. The number of aromatic nitrogens is 2. The molecule has 0 atom stereocenters. The van der Waals surface area contributed by atoms with Crippen LogP contribution in [0, 0.1) is 0 Å². The summed E-state index contributed by atoms with van der Waals surface area (Å²) < 4.78 is 0.687. The van der Waals surface area contributed by atoms with Crippen LogP contribution in [0.3, 0.4) is 0 Å². The summed E-state index contributed by atoms with van der Waals surface area (Å²) in [5.74, 6) is -0.200. The molecule has 0 aliphatic rings. The van der Waals surface area contributed by atoms with Crippen LogP contribution in [-0.2, 0) is 6.54 Å². The Morgan fingerprint density at radius 3 is 2.71 bits per heavy atom. The summed E-state index contributed by atoms with van der Waals surface area (Å²) >= 11 is 3.29. The largest absolute Gasteiger partial charge is 0.347 e. The molecular formula is C12H10BrN3O. The zero-order valence-corrected chi connectivity index (χ0v) is 10.5. The molecule has 2 aromatic rings. The zero-order valence-electron chi connectivity index (χ0n) is 8.93. The van der Waals surface area contributed by atoms with Crippen molar-refractivity contribution in [3.63, 3.8) is 0 Å². The van der Waals surface area contributed by atoms with Gasteiger partial charge in [0, 0.05) is 29.6 Å². The van der Waals surface area contributed by atoms with E-state index in [0.717, 1.165) is 5.56 Å². The fourth-order valence-electron chi connectivity index (χ4n) is 1.32. The van der Waals surface area contributed by atoms with Crippen molar-refractivity contribution in [2.24, 2.45) is 0 Å². The summed E-state index contributed by atoms with van der Waals surface area (Å²) in [5.41, 5.74) is 1.39. The van der Waals surface area contributed by atoms with Crippen LogP contribution in [0.2, 0.25) is 0 Å². The highest BCUT2D eigenvalue weighted by molar-refractivity contribution is 9.10. The van der Waals surface area contributed by atoms with Crippen molar-refractivity contribution in [2.45, 2.75) is 6.54 Å². The molecule has 2 aromatic heterocycles. The van der Waals surface area contributed by atoms with E-state index in [2.05, 4.69) is 31.2 Å². The number of rotatable bonds is 3. The Labute approximate surface area is 107 Å². The third-order valence-corrected chi connectivity index (χ3v) is 2.82. The third-order valence-electron chi connectivity index (χ3n) is 2.18. The summed E-state index contributed by atoms with van der Waals surface area (Å²) in [7, 11) is 0. The minimum atomic E-state index is -0.200. The highest BCUT2D eigenvalue weighted by Gasteiger charge is 2.09. The van der Waals surface area contributed by atoms with E-state index in [9.17, 15) is 4.79 Å². The van der Waals surface area contributed by atoms with Crippen LogP contribution >= 0.6 is 15.9 Å². The van der Waals surface area contributed by atoms with Gasteiger partial charge in [0.2, 0.25) is 0 Å². The molecule has 2 heterocycles. The average molecular weight is 292 g/mol. The van der Waals surface area contributed by atoms with Crippen molar-refractivity contribution < 1.29 is 4.79 Å². The second-order valence-electron chi connectivity index (χ2n) is 3.37. The number of carbonyl (C=O) groups excluding carboxylic acids is 1. The molecule has 0 saturated carbocycles. The molecule has 0 spiro atoms. The summed E-state index contributed by atoms with van der Waals surface area (Å²) in [6.45, 7) is 0.463. The Morgan fingerprint density at radius 2 is 2.00 bits per heavy atom. The number of nitrogens with zero attached hydrogens (tertiary/aromatic N) is 2. The molecule has 4 nitrogen and oxygen atoms in total. The van der Waals surface area contributed by atoms with Gasteiger partial charge in [0.15, 0.2) is 0 Å². The fourth-order valence-corrected chi connectivity index (χ4v) is 1.75. The maximum Gasteiger partial charge on any atom is 0.271 e. The first-order valence-electron chi connectivity index (χ1n) is 5.05. The van der Waals surface area contributed by atoms with Gasteiger partial charge in [-0.3, -0.25) is 9.78 Å². The van der Waals surface area contributed by atoms with Crippen molar-refractivity contribution in [3.8, 4) is 0 Å². The third kappa shape index (κ3) is 3.10. The van der Waals surface area contributed by atoms with Crippen LogP contribution in [0.1, 0.15) is 16.1 Å². The van der Waals surface area contributed by atoms with Crippen molar-refractivity contribution in [2.75, 3.05) is 0 Å². The van der Waals surface area contributed by atoms with Gasteiger partial charge in [0.25, 0.3) is 5.91 Å². The number of carbonyl (C=O) groups is 1. The Hall–Kier alpha value is -1.75. The van der Waals surface area contributed by atoms with Crippen molar-refractivity contribution in [3.05, 3.63) is 58.6 Å². The lowest BCUT2D eigenvalue weighted by Gasteiger charge is -2.05. The van der Waals surface area contributed by atoms with E-state index in [1.54, 1.807) is 30.7 Å². The summed E-state index contributed by atoms with van der Waals surface area (Å²) in [6, 6.07) is 7.26. The van der Waals surface area contributed by atoms with E-state index in [4.69, 9.17) is 0 Å². The van der Waals surface area contributed by atoms with E-state index < -0.39 is 0 Å². The average Bonchev–Trinajstić information content (AvgIpc) is 2.38. The second-order valence-corrected chi connectivity index (χ2v) is 4.23. The van der Waals surface area contributed by atoms with Gasteiger partial charge in [-0.1, -0.05) is 0 Å². The smallest absolute Gasteiger partial charge is 0.271 e. The highest BCUT2D eigenvalue weighted by atomic mass is 79.9. The van der Waals surface area contributed by atoms with Gasteiger partial charge in [-0.15, -0.1) is 0 Å². The van der Waals surface area contributed by atoms with Gasteiger partial charge < -0.3 is 5.32 Å². The number of amides is 1. The lowest BCUT2D eigenvalue weighted by Crippen LogP contribution is -2.24. The van der Waals surface area contributed by atoms with Gasteiger partial charge in [0.1, 0.15) is 5.69 Å². The second kappa shape index (κ2) is 5.54. The van der Waals surface area contributed by atoms with Gasteiger partial charge >= 0.3 is 0 Å². The van der Waals surface area contributed by atoms with Crippen LogP contribution in [0.4, 0.5) is 0 Å². The Balaban J connectivity index is 2.01. The first kappa shape index (κ1) is 11.7. The molecule has 1 amide bonds. The topological polar surface area (TPSA) is 54.9 Å². The molecule has 0 bridgehead atoms. The molecule has 0 fully saturated rings. The molecular weight excluding hydrogens is 282 g/mol. The van der Waals surface area contributed by atoms with Crippen LogP contribution in [0.5, 0.6) is 0 Å². The van der Waals surface area contributed by atoms with Gasteiger partial charge in [-0.2, -0.15) is 0 Å². The Morgan fingerprint density at radius 1 is 1.24 bits per heavy atom. The molecule has 86 valence electrons. The quantitative estimate of drug-likeness (QED) is 0.943. The number of nitrogens with one attached hydrogen (secondary N) is 1. The van der Waals surface area contributed by atoms with Crippen LogP contribution in [0.15, 0.2) is 47.3 Å². The first-order valence-corrected chi connectivity index (χ1v) is 5.84. The van der Waals surface area contributed by atoms with E-state index in [-0.39, 0.29) is 5.91 Å². The highest BCUT2D eigenvalue weighted by Crippen LogP contribution is 2.12. The number of hydrogen-bond acceptors (Lipinski definition) is 3. The van der Waals surface area contributed by atoms with Gasteiger partial charge in [-0.25, -0.2) is 4.98 Å². The molecule has 0 radical (unpaired) electrons. The molecule has 0 aliphatic carbocycles. The van der Waals surface area contributed by atoms with Crippen LogP contribution in [0.25, 0.3) is 0 Å². The Kier molecular flexibility index (Phi) is 3.82. The van der Waals surface area contributed by atoms with E-state index in [1.165, 1.54) is 0 Å². The van der Waals surface area contributed by atoms with Crippen LogP contribution < -0.4 is 5.32 Å². The molecule has 2 rings (SSSR count). The number of halogens is 1. The standard InChI is InChI=1S/C12H10BrN3O/c13-10-2-1-5-15-11(10)12(17)16-8-9-3-6-14-7-4-9/h1-7H,8H2,(H,16,17).